The summed E-state index contributed by atoms with van der Waals surface area (Å²) in [6.07, 6.45) is 6.93. The number of rotatable bonds is 8. The minimum Gasteiger partial charge on any atom is -0.382 e. The molecule has 0 bridgehead atoms. The molecule has 0 radical (unpaired) electrons. The molecule has 0 spiro atoms. The number of amides is 1. The van der Waals surface area contributed by atoms with Crippen molar-refractivity contribution in [2.24, 2.45) is 5.92 Å². The van der Waals surface area contributed by atoms with Gasteiger partial charge in [0.25, 0.3) is 0 Å². The van der Waals surface area contributed by atoms with Gasteiger partial charge >= 0.3 is 0 Å². The van der Waals surface area contributed by atoms with Gasteiger partial charge in [-0.3, -0.25) is 4.79 Å². The molecule has 4 heteroatoms. The lowest BCUT2D eigenvalue weighted by atomic mass is 10.0. The fourth-order valence-corrected chi connectivity index (χ4v) is 2.50. The summed E-state index contributed by atoms with van der Waals surface area (Å²) in [6, 6.07) is 0. The van der Waals surface area contributed by atoms with Gasteiger partial charge < -0.3 is 14.8 Å². The number of ether oxygens (including phenoxy) is 2. The Morgan fingerprint density at radius 1 is 1.33 bits per heavy atom. The second-order valence-corrected chi connectivity index (χ2v) is 5.55. The molecule has 0 saturated heterocycles. The van der Waals surface area contributed by atoms with E-state index in [1.54, 1.807) is 14.2 Å². The van der Waals surface area contributed by atoms with Gasteiger partial charge in [-0.25, -0.2) is 0 Å². The second kappa shape index (κ2) is 7.74. The summed E-state index contributed by atoms with van der Waals surface area (Å²) in [5, 5.41) is 2.94. The van der Waals surface area contributed by atoms with E-state index in [1.165, 1.54) is 25.7 Å². The first-order valence-electron chi connectivity index (χ1n) is 6.90. The van der Waals surface area contributed by atoms with Gasteiger partial charge in [0.05, 0.1) is 6.61 Å². The monoisotopic (exact) mass is 257 g/mol. The van der Waals surface area contributed by atoms with Crippen molar-refractivity contribution in [3.63, 3.8) is 0 Å². The molecule has 1 amide bonds. The van der Waals surface area contributed by atoms with Crippen LogP contribution in [0.25, 0.3) is 0 Å². The Labute approximate surface area is 110 Å². The summed E-state index contributed by atoms with van der Waals surface area (Å²) >= 11 is 0. The van der Waals surface area contributed by atoms with E-state index < -0.39 is 5.60 Å². The third-order valence-corrected chi connectivity index (χ3v) is 3.86. The van der Waals surface area contributed by atoms with Crippen LogP contribution in [0.3, 0.4) is 0 Å². The van der Waals surface area contributed by atoms with Crippen molar-refractivity contribution in [2.75, 3.05) is 27.4 Å². The van der Waals surface area contributed by atoms with Gasteiger partial charge in [0.2, 0.25) is 5.91 Å². The number of carbonyl (C=O) groups excluding carboxylic acids is 1. The molecule has 1 rings (SSSR count). The molecule has 1 atom stereocenters. The highest BCUT2D eigenvalue weighted by atomic mass is 16.5. The van der Waals surface area contributed by atoms with Gasteiger partial charge in [-0.2, -0.15) is 0 Å². The SMILES string of the molecule is COC[C@](C)(CNC(=O)CCC1CCCC1)OC. The fraction of sp³-hybridized carbons (Fsp3) is 0.929. The number of carbonyl (C=O) groups is 1. The fourth-order valence-electron chi connectivity index (χ4n) is 2.50. The molecule has 4 nitrogen and oxygen atoms in total. The van der Waals surface area contributed by atoms with Crippen LogP contribution in [-0.2, 0) is 14.3 Å². The highest BCUT2D eigenvalue weighted by Gasteiger charge is 2.24. The average Bonchev–Trinajstić information content (AvgIpc) is 2.87. The Balaban J connectivity index is 2.18. The molecule has 1 fully saturated rings. The molecule has 0 unspecified atom stereocenters. The predicted octanol–water partition coefficient (Wildman–Crippen LogP) is 2.12. The molecule has 0 aromatic heterocycles. The van der Waals surface area contributed by atoms with Crippen LogP contribution in [-0.4, -0.2) is 38.9 Å². The van der Waals surface area contributed by atoms with E-state index >= 15 is 0 Å². The van der Waals surface area contributed by atoms with Crippen molar-refractivity contribution < 1.29 is 14.3 Å². The first-order chi connectivity index (χ1) is 8.59. The molecule has 106 valence electrons. The average molecular weight is 257 g/mol. The van der Waals surface area contributed by atoms with E-state index in [4.69, 9.17) is 9.47 Å². The van der Waals surface area contributed by atoms with Gasteiger partial charge in [0.1, 0.15) is 5.60 Å². The van der Waals surface area contributed by atoms with Crippen LogP contribution in [0.4, 0.5) is 0 Å². The maximum Gasteiger partial charge on any atom is 0.220 e. The van der Waals surface area contributed by atoms with Gasteiger partial charge in [-0.15, -0.1) is 0 Å². The van der Waals surface area contributed by atoms with Crippen molar-refractivity contribution >= 4 is 5.91 Å². The van der Waals surface area contributed by atoms with Crippen LogP contribution in [0.5, 0.6) is 0 Å². The minimum absolute atomic E-state index is 0.126. The van der Waals surface area contributed by atoms with Gasteiger partial charge in [-0.1, -0.05) is 25.7 Å². The highest BCUT2D eigenvalue weighted by Crippen LogP contribution is 2.28. The number of hydrogen-bond acceptors (Lipinski definition) is 3. The van der Waals surface area contributed by atoms with Crippen LogP contribution >= 0.6 is 0 Å². The first-order valence-corrected chi connectivity index (χ1v) is 6.90. The molecule has 0 aliphatic heterocycles. The molecule has 18 heavy (non-hydrogen) atoms. The third-order valence-electron chi connectivity index (χ3n) is 3.86. The van der Waals surface area contributed by atoms with E-state index in [2.05, 4.69) is 5.32 Å². The number of methoxy groups -OCH3 is 2. The maximum atomic E-state index is 11.8. The third kappa shape index (κ3) is 5.36. The smallest absolute Gasteiger partial charge is 0.220 e. The predicted molar refractivity (Wildman–Crippen MR) is 71.5 cm³/mol. The molecular weight excluding hydrogens is 230 g/mol. The number of nitrogens with one attached hydrogen (secondary N) is 1. The zero-order valence-electron chi connectivity index (χ0n) is 12.0. The molecule has 1 aliphatic rings. The Kier molecular flexibility index (Phi) is 6.65. The van der Waals surface area contributed by atoms with Crippen molar-refractivity contribution in [2.45, 2.75) is 51.0 Å². The van der Waals surface area contributed by atoms with Crippen molar-refractivity contribution in [1.82, 2.24) is 5.32 Å². The number of hydrogen-bond donors (Lipinski definition) is 1. The highest BCUT2D eigenvalue weighted by molar-refractivity contribution is 5.75. The summed E-state index contributed by atoms with van der Waals surface area (Å²) in [5.41, 5.74) is -0.433. The Bertz CT molecular complexity index is 251. The second-order valence-electron chi connectivity index (χ2n) is 5.55. The van der Waals surface area contributed by atoms with Crippen molar-refractivity contribution in [3.8, 4) is 0 Å². The van der Waals surface area contributed by atoms with Gasteiger partial charge in [0.15, 0.2) is 0 Å². The van der Waals surface area contributed by atoms with E-state index in [-0.39, 0.29) is 5.91 Å². The van der Waals surface area contributed by atoms with Crippen LogP contribution in [0, 0.1) is 5.92 Å². The van der Waals surface area contributed by atoms with Crippen molar-refractivity contribution in [3.05, 3.63) is 0 Å². The van der Waals surface area contributed by atoms with Gasteiger partial charge in [0, 0.05) is 27.2 Å². The lowest BCUT2D eigenvalue weighted by Gasteiger charge is -2.27. The summed E-state index contributed by atoms with van der Waals surface area (Å²) in [4.78, 5) is 11.8. The van der Waals surface area contributed by atoms with Crippen LogP contribution in [0.1, 0.15) is 45.4 Å². The van der Waals surface area contributed by atoms with Crippen LogP contribution in [0.15, 0.2) is 0 Å². The summed E-state index contributed by atoms with van der Waals surface area (Å²) in [5.74, 6) is 0.893. The quantitative estimate of drug-likeness (QED) is 0.724. The lowest BCUT2D eigenvalue weighted by molar-refractivity contribution is -0.123. The maximum absolute atomic E-state index is 11.8. The minimum atomic E-state index is -0.433. The Morgan fingerprint density at radius 3 is 2.56 bits per heavy atom. The molecule has 0 heterocycles. The van der Waals surface area contributed by atoms with E-state index in [1.807, 2.05) is 6.92 Å². The lowest BCUT2D eigenvalue weighted by Crippen LogP contribution is -2.45. The summed E-state index contributed by atoms with van der Waals surface area (Å²) < 4.78 is 10.5. The largest absolute Gasteiger partial charge is 0.382 e. The Morgan fingerprint density at radius 2 is 2.00 bits per heavy atom. The van der Waals surface area contributed by atoms with E-state index in [0.717, 1.165) is 12.3 Å². The normalized spacial score (nSPS) is 19.7. The molecule has 0 aromatic rings. The van der Waals surface area contributed by atoms with Crippen molar-refractivity contribution in [1.29, 1.82) is 0 Å². The van der Waals surface area contributed by atoms with Crippen LogP contribution < -0.4 is 5.32 Å². The van der Waals surface area contributed by atoms with E-state index in [0.29, 0.717) is 19.6 Å². The van der Waals surface area contributed by atoms with Gasteiger partial charge in [-0.05, 0) is 19.3 Å². The zero-order chi connectivity index (χ0) is 13.4. The first kappa shape index (κ1) is 15.4. The van der Waals surface area contributed by atoms with Crippen LogP contribution in [0.2, 0.25) is 0 Å². The standard InChI is InChI=1S/C14H27NO3/c1-14(18-3,11-17-2)10-15-13(16)9-8-12-6-4-5-7-12/h12H,4-11H2,1-3H3,(H,15,16)/t14-/m0/s1. The molecular formula is C14H27NO3. The summed E-state index contributed by atoms with van der Waals surface area (Å²) in [6.45, 7) is 2.92. The Hall–Kier alpha value is -0.610. The molecule has 1 saturated carbocycles. The molecule has 0 aromatic carbocycles. The molecule has 1 aliphatic carbocycles. The molecule has 1 N–H and O–H groups in total. The van der Waals surface area contributed by atoms with E-state index in [9.17, 15) is 4.79 Å². The zero-order valence-corrected chi connectivity index (χ0v) is 12.0. The summed E-state index contributed by atoms with van der Waals surface area (Å²) in [7, 11) is 3.28. The topological polar surface area (TPSA) is 47.6 Å².